The van der Waals surface area contributed by atoms with Gasteiger partial charge < -0.3 is 5.11 Å². The summed E-state index contributed by atoms with van der Waals surface area (Å²) >= 11 is 5.29. The number of halogens is 1. The molecule has 1 fully saturated rings. The molecule has 1 aliphatic rings. The van der Waals surface area contributed by atoms with E-state index < -0.39 is 0 Å². The highest BCUT2D eigenvalue weighted by molar-refractivity contribution is 9.10. The SMILES string of the molecule is CC(C)C1CCC(O)C(Cc2cc(Br)cs2)C1. The van der Waals surface area contributed by atoms with E-state index in [0.29, 0.717) is 5.92 Å². The molecule has 0 radical (unpaired) electrons. The average Bonchev–Trinajstić information content (AvgIpc) is 2.67. The molecule has 3 heteroatoms. The third kappa shape index (κ3) is 3.55. The molecule has 17 heavy (non-hydrogen) atoms. The van der Waals surface area contributed by atoms with E-state index in [1.807, 2.05) is 0 Å². The average molecular weight is 317 g/mol. The van der Waals surface area contributed by atoms with E-state index in [1.165, 1.54) is 22.2 Å². The van der Waals surface area contributed by atoms with Crippen LogP contribution >= 0.6 is 27.3 Å². The summed E-state index contributed by atoms with van der Waals surface area (Å²) in [4.78, 5) is 1.39. The van der Waals surface area contributed by atoms with Gasteiger partial charge in [-0.2, -0.15) is 0 Å². The molecule has 0 aliphatic heterocycles. The molecule has 0 spiro atoms. The Hall–Kier alpha value is 0.140. The topological polar surface area (TPSA) is 20.2 Å². The van der Waals surface area contributed by atoms with Gasteiger partial charge in [-0.15, -0.1) is 11.3 Å². The summed E-state index contributed by atoms with van der Waals surface area (Å²) in [7, 11) is 0. The highest BCUT2D eigenvalue weighted by Gasteiger charge is 2.30. The molecule has 0 bridgehead atoms. The van der Waals surface area contributed by atoms with Gasteiger partial charge in [-0.1, -0.05) is 13.8 Å². The van der Waals surface area contributed by atoms with Crippen LogP contribution in [0.1, 0.15) is 38.0 Å². The molecule has 1 aromatic heterocycles. The predicted molar refractivity (Wildman–Crippen MR) is 77.4 cm³/mol. The van der Waals surface area contributed by atoms with Crippen molar-refractivity contribution >= 4 is 27.3 Å². The summed E-state index contributed by atoms with van der Waals surface area (Å²) in [5.41, 5.74) is 0. The van der Waals surface area contributed by atoms with Crippen LogP contribution < -0.4 is 0 Å². The lowest BCUT2D eigenvalue weighted by molar-refractivity contribution is 0.0382. The zero-order chi connectivity index (χ0) is 12.4. The number of rotatable bonds is 3. The third-order valence-corrected chi connectivity index (χ3v) is 5.73. The molecule has 1 aliphatic carbocycles. The van der Waals surface area contributed by atoms with Gasteiger partial charge >= 0.3 is 0 Å². The van der Waals surface area contributed by atoms with E-state index in [0.717, 1.165) is 24.7 Å². The minimum atomic E-state index is -0.0918. The first kappa shape index (κ1) is 13.6. The summed E-state index contributed by atoms with van der Waals surface area (Å²) in [5, 5.41) is 12.3. The molecule has 1 aromatic rings. The van der Waals surface area contributed by atoms with Crippen molar-refractivity contribution in [2.45, 2.75) is 45.6 Å². The van der Waals surface area contributed by atoms with E-state index in [2.05, 4.69) is 41.2 Å². The molecule has 96 valence electrons. The van der Waals surface area contributed by atoms with Crippen LogP contribution in [0.15, 0.2) is 15.9 Å². The number of thiophene rings is 1. The maximum Gasteiger partial charge on any atom is 0.0572 e. The van der Waals surface area contributed by atoms with E-state index in [4.69, 9.17) is 0 Å². The van der Waals surface area contributed by atoms with Crippen LogP contribution in [-0.4, -0.2) is 11.2 Å². The maximum atomic E-state index is 10.1. The van der Waals surface area contributed by atoms with Crippen molar-refractivity contribution in [3.63, 3.8) is 0 Å². The van der Waals surface area contributed by atoms with Crippen LogP contribution in [0.25, 0.3) is 0 Å². The molecule has 1 saturated carbocycles. The number of aliphatic hydroxyl groups excluding tert-OH is 1. The monoisotopic (exact) mass is 316 g/mol. The second kappa shape index (κ2) is 5.85. The van der Waals surface area contributed by atoms with Crippen molar-refractivity contribution in [1.29, 1.82) is 0 Å². The van der Waals surface area contributed by atoms with Crippen molar-refractivity contribution < 1.29 is 5.11 Å². The number of hydrogen-bond donors (Lipinski definition) is 1. The van der Waals surface area contributed by atoms with E-state index in [-0.39, 0.29) is 6.10 Å². The van der Waals surface area contributed by atoms with Crippen LogP contribution in [0, 0.1) is 17.8 Å². The molecular weight excluding hydrogens is 296 g/mol. The van der Waals surface area contributed by atoms with E-state index in [9.17, 15) is 5.11 Å². The Balaban J connectivity index is 1.98. The standard InChI is InChI=1S/C14H21BrOS/c1-9(2)10-3-4-14(16)11(5-10)6-13-7-12(15)8-17-13/h7-11,14,16H,3-6H2,1-2H3. The Morgan fingerprint density at radius 2 is 2.24 bits per heavy atom. The maximum absolute atomic E-state index is 10.1. The minimum Gasteiger partial charge on any atom is -0.393 e. The van der Waals surface area contributed by atoms with Crippen molar-refractivity contribution in [2.75, 3.05) is 0 Å². The normalized spacial score (nSPS) is 29.8. The second-order valence-electron chi connectivity index (χ2n) is 5.58. The van der Waals surface area contributed by atoms with Gasteiger partial charge in [-0.25, -0.2) is 0 Å². The van der Waals surface area contributed by atoms with E-state index >= 15 is 0 Å². The van der Waals surface area contributed by atoms with Crippen LogP contribution in [0.5, 0.6) is 0 Å². The van der Waals surface area contributed by atoms with Crippen LogP contribution in [0.4, 0.5) is 0 Å². The molecule has 1 nitrogen and oxygen atoms in total. The largest absolute Gasteiger partial charge is 0.393 e. The molecular formula is C14H21BrOS. The summed E-state index contributed by atoms with van der Waals surface area (Å²) in [6, 6.07) is 2.19. The Labute approximate surface area is 116 Å². The summed E-state index contributed by atoms with van der Waals surface area (Å²) in [6.07, 6.45) is 4.32. The van der Waals surface area contributed by atoms with E-state index in [1.54, 1.807) is 11.3 Å². The third-order valence-electron chi connectivity index (χ3n) is 4.01. The van der Waals surface area contributed by atoms with Crippen LogP contribution in [0.2, 0.25) is 0 Å². The molecule has 0 aromatic carbocycles. The molecule has 0 amide bonds. The summed E-state index contributed by atoms with van der Waals surface area (Å²) in [5.74, 6) is 2.01. The van der Waals surface area contributed by atoms with Crippen molar-refractivity contribution in [1.82, 2.24) is 0 Å². The quantitative estimate of drug-likeness (QED) is 0.871. The fourth-order valence-electron chi connectivity index (χ4n) is 2.83. The Kier molecular flexibility index (Phi) is 4.67. The zero-order valence-electron chi connectivity index (χ0n) is 10.5. The van der Waals surface area contributed by atoms with Crippen LogP contribution in [0.3, 0.4) is 0 Å². The molecule has 3 atom stereocenters. The number of aliphatic hydroxyl groups is 1. The minimum absolute atomic E-state index is 0.0918. The second-order valence-corrected chi connectivity index (χ2v) is 7.49. The van der Waals surface area contributed by atoms with Gasteiger partial charge in [0.15, 0.2) is 0 Å². The molecule has 1 heterocycles. The first-order valence-corrected chi connectivity index (χ1v) is 8.14. The highest BCUT2D eigenvalue weighted by Crippen LogP contribution is 2.36. The lowest BCUT2D eigenvalue weighted by atomic mass is 9.73. The Morgan fingerprint density at radius 3 is 2.82 bits per heavy atom. The first-order chi connectivity index (χ1) is 8.06. The van der Waals surface area contributed by atoms with Gasteiger partial charge in [0.05, 0.1) is 6.10 Å². The fourth-order valence-corrected chi connectivity index (χ4v) is 4.37. The van der Waals surface area contributed by atoms with Crippen LogP contribution in [-0.2, 0) is 6.42 Å². The Morgan fingerprint density at radius 1 is 1.47 bits per heavy atom. The summed E-state index contributed by atoms with van der Waals surface area (Å²) < 4.78 is 1.17. The van der Waals surface area contributed by atoms with Gasteiger partial charge in [-0.05, 0) is 65.4 Å². The highest BCUT2D eigenvalue weighted by atomic mass is 79.9. The Bertz CT molecular complexity index is 361. The van der Waals surface area contributed by atoms with Crippen molar-refractivity contribution in [3.8, 4) is 0 Å². The number of hydrogen-bond acceptors (Lipinski definition) is 2. The zero-order valence-corrected chi connectivity index (χ0v) is 12.9. The van der Waals surface area contributed by atoms with Gasteiger partial charge in [0, 0.05) is 14.7 Å². The molecule has 2 rings (SSSR count). The molecule has 3 unspecified atom stereocenters. The van der Waals surface area contributed by atoms with Gasteiger partial charge in [0.2, 0.25) is 0 Å². The molecule has 0 saturated heterocycles. The smallest absolute Gasteiger partial charge is 0.0572 e. The predicted octanol–water partition coefficient (Wildman–Crippen LogP) is 4.49. The summed E-state index contributed by atoms with van der Waals surface area (Å²) in [6.45, 7) is 4.61. The lowest BCUT2D eigenvalue weighted by Crippen LogP contribution is -2.32. The van der Waals surface area contributed by atoms with Crippen molar-refractivity contribution in [3.05, 3.63) is 20.8 Å². The van der Waals surface area contributed by atoms with Crippen molar-refractivity contribution in [2.24, 2.45) is 17.8 Å². The lowest BCUT2D eigenvalue weighted by Gasteiger charge is -2.35. The van der Waals surface area contributed by atoms with Gasteiger partial charge in [0.25, 0.3) is 0 Å². The fraction of sp³-hybridized carbons (Fsp3) is 0.714. The van der Waals surface area contributed by atoms with Gasteiger partial charge in [-0.3, -0.25) is 0 Å². The first-order valence-electron chi connectivity index (χ1n) is 6.47. The molecule has 1 N–H and O–H groups in total. The van der Waals surface area contributed by atoms with Gasteiger partial charge in [0.1, 0.15) is 0 Å².